The van der Waals surface area contributed by atoms with Gasteiger partial charge in [0.25, 0.3) is 0 Å². The summed E-state index contributed by atoms with van der Waals surface area (Å²) in [7, 11) is 3.46. The van der Waals surface area contributed by atoms with Gasteiger partial charge in [0.05, 0.1) is 17.2 Å². The van der Waals surface area contributed by atoms with Crippen LogP contribution < -0.4 is 9.64 Å². The highest BCUT2D eigenvalue weighted by atomic mass is 19.4. The molecular formula is C20H15F6N3O. The molecule has 2 unspecified atom stereocenters. The Morgan fingerprint density at radius 1 is 0.967 bits per heavy atom. The summed E-state index contributed by atoms with van der Waals surface area (Å²) >= 11 is 0. The summed E-state index contributed by atoms with van der Waals surface area (Å²) in [6.45, 7) is 0. The van der Waals surface area contributed by atoms with Crippen molar-refractivity contribution in [2.75, 3.05) is 19.0 Å². The van der Waals surface area contributed by atoms with Crippen molar-refractivity contribution < 1.29 is 31.1 Å². The first-order valence-electron chi connectivity index (χ1n) is 8.59. The summed E-state index contributed by atoms with van der Waals surface area (Å²) < 4.78 is 85.1. The Morgan fingerprint density at radius 2 is 1.53 bits per heavy atom. The molecule has 0 aromatic heterocycles. The van der Waals surface area contributed by atoms with Gasteiger partial charge in [0, 0.05) is 37.3 Å². The van der Waals surface area contributed by atoms with Crippen LogP contribution in [0.4, 0.5) is 32.0 Å². The maximum atomic E-state index is 13.3. The molecule has 1 aliphatic heterocycles. The molecule has 1 N–H and O–H groups in total. The number of nitrogens with one attached hydrogen (secondary N) is 1. The van der Waals surface area contributed by atoms with Crippen molar-refractivity contribution in [3.8, 4) is 11.8 Å². The number of ether oxygens (including phenoxy) is 1. The lowest BCUT2D eigenvalue weighted by atomic mass is 9.78. The lowest BCUT2D eigenvalue weighted by Crippen LogP contribution is -2.31. The molecule has 30 heavy (non-hydrogen) atoms. The van der Waals surface area contributed by atoms with Crippen LogP contribution in [0.1, 0.15) is 28.2 Å². The van der Waals surface area contributed by atoms with Crippen LogP contribution in [0.5, 0.6) is 5.75 Å². The van der Waals surface area contributed by atoms with E-state index in [1.165, 1.54) is 12.1 Å². The summed E-state index contributed by atoms with van der Waals surface area (Å²) in [5, 5.41) is 17.5. The summed E-state index contributed by atoms with van der Waals surface area (Å²) in [6, 6.07) is 7.60. The number of hydrogen-bond acceptors (Lipinski definition) is 4. The van der Waals surface area contributed by atoms with Gasteiger partial charge in [0.15, 0.2) is 0 Å². The second-order valence-electron chi connectivity index (χ2n) is 7.01. The van der Waals surface area contributed by atoms with Gasteiger partial charge in [-0.25, -0.2) is 0 Å². The van der Waals surface area contributed by atoms with Crippen LogP contribution >= 0.6 is 0 Å². The van der Waals surface area contributed by atoms with E-state index in [1.807, 2.05) is 0 Å². The molecule has 0 saturated carbocycles. The minimum absolute atomic E-state index is 0.0333. The van der Waals surface area contributed by atoms with Gasteiger partial charge in [-0.15, -0.1) is 0 Å². The van der Waals surface area contributed by atoms with E-state index >= 15 is 0 Å². The third-order valence-corrected chi connectivity index (χ3v) is 4.79. The van der Waals surface area contributed by atoms with Gasteiger partial charge in [-0.2, -0.15) is 31.6 Å². The van der Waals surface area contributed by atoms with Crippen LogP contribution in [0.2, 0.25) is 0 Å². The van der Waals surface area contributed by atoms with E-state index in [4.69, 9.17) is 10.1 Å². The fourth-order valence-corrected chi connectivity index (χ4v) is 3.32. The maximum absolute atomic E-state index is 13.3. The van der Waals surface area contributed by atoms with Crippen molar-refractivity contribution in [3.05, 3.63) is 58.7 Å². The normalized spacial score (nSPS) is 19.0. The van der Waals surface area contributed by atoms with Crippen molar-refractivity contribution in [2.24, 2.45) is 5.92 Å². The average Bonchev–Trinajstić information content (AvgIpc) is 2.64. The summed E-state index contributed by atoms with van der Waals surface area (Å²) in [5.74, 6) is -3.05. The molecule has 0 saturated heterocycles. The summed E-state index contributed by atoms with van der Waals surface area (Å²) in [4.78, 5) is 1.71. The molecule has 1 heterocycles. The van der Waals surface area contributed by atoms with Crippen LogP contribution in [0, 0.1) is 22.7 Å². The zero-order valence-electron chi connectivity index (χ0n) is 15.7. The lowest BCUT2D eigenvalue weighted by molar-refractivity contribution is -0.143. The zero-order valence-corrected chi connectivity index (χ0v) is 15.7. The van der Waals surface area contributed by atoms with Crippen LogP contribution in [-0.2, 0) is 12.4 Å². The number of benzene rings is 2. The van der Waals surface area contributed by atoms with E-state index < -0.39 is 41.2 Å². The first-order valence-corrected chi connectivity index (χ1v) is 8.59. The van der Waals surface area contributed by atoms with E-state index in [2.05, 4.69) is 0 Å². The van der Waals surface area contributed by atoms with E-state index in [1.54, 1.807) is 31.1 Å². The molecule has 158 valence electrons. The summed E-state index contributed by atoms with van der Waals surface area (Å²) in [6.07, 6.45) is -10.0. The van der Waals surface area contributed by atoms with Crippen LogP contribution in [0.25, 0.3) is 0 Å². The van der Waals surface area contributed by atoms with Crippen molar-refractivity contribution in [2.45, 2.75) is 18.3 Å². The molecule has 0 fully saturated rings. The van der Waals surface area contributed by atoms with Crippen molar-refractivity contribution >= 4 is 11.6 Å². The van der Waals surface area contributed by atoms with Crippen LogP contribution in [-0.4, -0.2) is 20.0 Å². The first kappa shape index (κ1) is 21.5. The number of nitrogens with zero attached hydrogens (tertiary/aromatic N) is 2. The molecule has 2 aromatic rings. The second-order valence-corrected chi connectivity index (χ2v) is 7.01. The topological polar surface area (TPSA) is 60.1 Å². The maximum Gasteiger partial charge on any atom is 0.416 e. The van der Waals surface area contributed by atoms with Crippen LogP contribution in [0.3, 0.4) is 0 Å². The minimum atomic E-state index is -5.02. The highest BCUT2D eigenvalue weighted by Crippen LogP contribution is 2.46. The van der Waals surface area contributed by atoms with Gasteiger partial charge < -0.3 is 9.64 Å². The van der Waals surface area contributed by atoms with E-state index in [9.17, 15) is 31.6 Å². The first-order chi connectivity index (χ1) is 13.8. The number of halogens is 6. The highest BCUT2D eigenvalue weighted by Gasteiger charge is 2.41. The number of rotatable bonds is 2. The van der Waals surface area contributed by atoms with Gasteiger partial charge in [0.1, 0.15) is 11.7 Å². The number of fused-ring (bicyclic) bond motifs is 1. The number of alkyl halides is 6. The molecule has 10 heteroatoms. The zero-order chi connectivity index (χ0) is 22.4. The predicted molar refractivity (Wildman–Crippen MR) is 96.5 cm³/mol. The Kier molecular flexibility index (Phi) is 5.18. The van der Waals surface area contributed by atoms with Gasteiger partial charge in [0.2, 0.25) is 5.90 Å². The standard InChI is InChI=1S/C20H15F6N3O/c1-29(2)13-3-4-14-16(8-13)30-18(28)15(9-27)17(14)10-5-11(19(21,22)23)7-12(6-10)20(24,25)26/h3-8,15,17,28H,1-2H3. The Morgan fingerprint density at radius 3 is 2.00 bits per heavy atom. The average molecular weight is 427 g/mol. The molecule has 3 rings (SSSR count). The second kappa shape index (κ2) is 7.23. The van der Waals surface area contributed by atoms with Crippen molar-refractivity contribution in [1.29, 1.82) is 10.7 Å². The Bertz CT molecular complexity index is 1000. The van der Waals surface area contributed by atoms with Crippen molar-refractivity contribution in [3.63, 3.8) is 0 Å². The largest absolute Gasteiger partial charge is 0.442 e. The fraction of sp³-hybridized carbons (Fsp3) is 0.300. The molecule has 2 aromatic carbocycles. The highest BCUT2D eigenvalue weighted by molar-refractivity contribution is 5.85. The fourth-order valence-electron chi connectivity index (χ4n) is 3.32. The van der Waals surface area contributed by atoms with Crippen molar-refractivity contribution in [1.82, 2.24) is 0 Å². The minimum Gasteiger partial charge on any atom is -0.442 e. The van der Waals surface area contributed by atoms with Crippen LogP contribution in [0.15, 0.2) is 36.4 Å². The quantitative estimate of drug-likeness (QED) is 0.650. The summed E-state index contributed by atoms with van der Waals surface area (Å²) in [5.41, 5.74) is -2.44. The molecule has 2 atom stereocenters. The third kappa shape index (κ3) is 3.92. The molecule has 0 radical (unpaired) electrons. The number of anilines is 1. The van der Waals surface area contributed by atoms with E-state index in [0.717, 1.165) is 0 Å². The molecule has 0 amide bonds. The molecule has 0 bridgehead atoms. The Balaban J connectivity index is 2.27. The SMILES string of the molecule is CN(C)c1ccc2c(c1)OC(=N)C(C#N)C2c1cc(C(F)(F)F)cc(C(F)(F)F)c1. The Labute approximate surface area is 167 Å². The third-order valence-electron chi connectivity index (χ3n) is 4.79. The van der Waals surface area contributed by atoms with Gasteiger partial charge in [-0.05, 0) is 29.8 Å². The van der Waals surface area contributed by atoms with Gasteiger partial charge >= 0.3 is 12.4 Å². The van der Waals surface area contributed by atoms with E-state index in [-0.39, 0.29) is 22.9 Å². The molecule has 0 spiro atoms. The Hall–Kier alpha value is -3.22. The molecule has 0 aliphatic carbocycles. The number of nitriles is 1. The number of hydrogen-bond donors (Lipinski definition) is 1. The van der Waals surface area contributed by atoms with E-state index in [0.29, 0.717) is 17.8 Å². The molecule has 1 aliphatic rings. The monoisotopic (exact) mass is 427 g/mol. The van der Waals surface area contributed by atoms with Gasteiger partial charge in [-0.3, -0.25) is 5.41 Å². The smallest absolute Gasteiger partial charge is 0.416 e. The molecular weight excluding hydrogens is 412 g/mol. The lowest BCUT2D eigenvalue weighted by Gasteiger charge is -2.31. The molecule has 4 nitrogen and oxygen atoms in total. The van der Waals surface area contributed by atoms with Gasteiger partial charge in [-0.1, -0.05) is 6.07 Å². The predicted octanol–water partition coefficient (Wildman–Crippen LogP) is 5.43.